The van der Waals surface area contributed by atoms with Crippen LogP contribution in [-0.4, -0.2) is 60.5 Å². The highest BCUT2D eigenvalue weighted by molar-refractivity contribution is 7.90. The van der Waals surface area contributed by atoms with E-state index in [0.717, 1.165) is 10.6 Å². The summed E-state index contributed by atoms with van der Waals surface area (Å²) in [6.45, 7) is 2.41. The van der Waals surface area contributed by atoms with Crippen LogP contribution in [0.25, 0.3) is 0 Å². The normalized spacial score (nSPS) is 11.9. The smallest absolute Gasteiger partial charge is 0.243 e. The van der Waals surface area contributed by atoms with Gasteiger partial charge in [-0.25, -0.2) is 21.1 Å². The van der Waals surface area contributed by atoms with Gasteiger partial charge in [0, 0.05) is 32.6 Å². The molecule has 1 amide bonds. The van der Waals surface area contributed by atoms with E-state index in [1.807, 2.05) is 6.92 Å². The van der Waals surface area contributed by atoms with Crippen LogP contribution in [0, 0.1) is 0 Å². The van der Waals surface area contributed by atoms with Gasteiger partial charge in [0.2, 0.25) is 15.9 Å². The Morgan fingerprint density at radius 1 is 0.900 bits per heavy atom. The standard InChI is InChI=1S/C19H26N4O5S2/c1-5-20-17-11-10-16(30(27,28)23(2)3)12-18(17)21-13-19(24)22-14-6-8-15(9-7-14)29(4,25)26/h6-12,20-21H,5,13H2,1-4H3,(H,22,24). The number of benzene rings is 2. The van der Waals surface area contributed by atoms with E-state index in [2.05, 4.69) is 16.0 Å². The topological polar surface area (TPSA) is 125 Å². The molecule has 0 saturated heterocycles. The molecule has 0 aliphatic heterocycles. The average Bonchev–Trinajstić information content (AvgIpc) is 2.67. The molecule has 0 radical (unpaired) electrons. The van der Waals surface area contributed by atoms with Crippen LogP contribution in [0.1, 0.15) is 6.92 Å². The SMILES string of the molecule is CCNc1ccc(S(=O)(=O)N(C)C)cc1NCC(=O)Nc1ccc(S(C)(=O)=O)cc1. The van der Waals surface area contributed by atoms with Gasteiger partial charge in [-0.3, -0.25) is 4.79 Å². The number of amides is 1. The van der Waals surface area contributed by atoms with Crippen LogP contribution in [0.2, 0.25) is 0 Å². The predicted molar refractivity (Wildman–Crippen MR) is 118 cm³/mol. The minimum Gasteiger partial charge on any atom is -0.384 e. The average molecular weight is 455 g/mol. The molecule has 164 valence electrons. The zero-order chi connectivity index (χ0) is 22.5. The van der Waals surface area contributed by atoms with Gasteiger partial charge in [-0.1, -0.05) is 0 Å². The zero-order valence-corrected chi connectivity index (χ0v) is 18.9. The highest BCUT2D eigenvalue weighted by atomic mass is 32.2. The predicted octanol–water partition coefficient (Wildman–Crippen LogP) is 1.82. The Morgan fingerprint density at radius 3 is 2.03 bits per heavy atom. The Morgan fingerprint density at radius 2 is 1.50 bits per heavy atom. The van der Waals surface area contributed by atoms with Crippen molar-refractivity contribution in [3.8, 4) is 0 Å². The maximum Gasteiger partial charge on any atom is 0.243 e. The van der Waals surface area contributed by atoms with Crippen LogP contribution in [0.4, 0.5) is 17.1 Å². The summed E-state index contributed by atoms with van der Waals surface area (Å²) in [6, 6.07) is 10.5. The molecule has 3 N–H and O–H groups in total. The molecule has 0 fully saturated rings. The van der Waals surface area contributed by atoms with Gasteiger partial charge in [0.25, 0.3) is 0 Å². The fraction of sp³-hybridized carbons (Fsp3) is 0.316. The first-order valence-corrected chi connectivity index (χ1v) is 12.4. The first kappa shape index (κ1) is 23.6. The fourth-order valence-electron chi connectivity index (χ4n) is 2.55. The van der Waals surface area contributed by atoms with E-state index in [4.69, 9.17) is 0 Å². The molecule has 0 unspecified atom stereocenters. The molecule has 0 aliphatic carbocycles. The molecule has 2 aromatic carbocycles. The molecule has 0 saturated carbocycles. The van der Waals surface area contributed by atoms with Crippen molar-refractivity contribution in [1.29, 1.82) is 0 Å². The van der Waals surface area contributed by atoms with Crippen LogP contribution < -0.4 is 16.0 Å². The molecule has 0 spiro atoms. The molecule has 0 bridgehead atoms. The summed E-state index contributed by atoms with van der Waals surface area (Å²) in [7, 11) is -4.03. The van der Waals surface area contributed by atoms with Crippen LogP contribution in [-0.2, 0) is 24.7 Å². The Labute approximate surface area is 177 Å². The molecule has 0 heterocycles. The highest BCUT2D eigenvalue weighted by Gasteiger charge is 2.19. The lowest BCUT2D eigenvalue weighted by atomic mass is 10.2. The quantitative estimate of drug-likeness (QED) is 0.528. The van der Waals surface area contributed by atoms with E-state index in [0.29, 0.717) is 23.6 Å². The van der Waals surface area contributed by atoms with Crippen LogP contribution >= 0.6 is 0 Å². The lowest BCUT2D eigenvalue weighted by Crippen LogP contribution is -2.24. The molecular formula is C19H26N4O5S2. The van der Waals surface area contributed by atoms with Gasteiger partial charge in [0.15, 0.2) is 9.84 Å². The fourth-order valence-corrected chi connectivity index (χ4v) is 4.11. The summed E-state index contributed by atoms with van der Waals surface area (Å²) in [6.07, 6.45) is 1.11. The molecular weight excluding hydrogens is 428 g/mol. The second-order valence-corrected chi connectivity index (χ2v) is 10.9. The second kappa shape index (κ2) is 9.45. The summed E-state index contributed by atoms with van der Waals surface area (Å²) >= 11 is 0. The van der Waals surface area contributed by atoms with E-state index < -0.39 is 19.9 Å². The van der Waals surface area contributed by atoms with Crippen molar-refractivity contribution in [1.82, 2.24) is 4.31 Å². The minimum absolute atomic E-state index is 0.105. The van der Waals surface area contributed by atoms with Crippen molar-refractivity contribution in [3.63, 3.8) is 0 Å². The van der Waals surface area contributed by atoms with E-state index >= 15 is 0 Å². The van der Waals surface area contributed by atoms with E-state index in [1.165, 1.54) is 50.5 Å². The summed E-state index contributed by atoms with van der Waals surface area (Å²) in [5.41, 5.74) is 1.59. The summed E-state index contributed by atoms with van der Waals surface area (Å²) < 4.78 is 48.9. The number of nitrogens with one attached hydrogen (secondary N) is 3. The van der Waals surface area contributed by atoms with Crippen molar-refractivity contribution < 1.29 is 21.6 Å². The van der Waals surface area contributed by atoms with Gasteiger partial charge in [0.1, 0.15) is 0 Å². The number of carbonyl (C=O) groups is 1. The molecule has 0 atom stereocenters. The van der Waals surface area contributed by atoms with Crippen molar-refractivity contribution >= 4 is 42.8 Å². The van der Waals surface area contributed by atoms with Gasteiger partial charge in [0.05, 0.1) is 27.7 Å². The highest BCUT2D eigenvalue weighted by Crippen LogP contribution is 2.26. The molecule has 2 aromatic rings. The van der Waals surface area contributed by atoms with Crippen molar-refractivity contribution in [2.75, 3.05) is 49.4 Å². The third kappa shape index (κ3) is 5.94. The Balaban J connectivity index is 2.14. The summed E-state index contributed by atoms with van der Waals surface area (Å²) in [4.78, 5) is 12.6. The van der Waals surface area contributed by atoms with Crippen LogP contribution in [0.15, 0.2) is 52.3 Å². The number of anilines is 3. The van der Waals surface area contributed by atoms with E-state index in [9.17, 15) is 21.6 Å². The number of rotatable bonds is 9. The van der Waals surface area contributed by atoms with Gasteiger partial charge >= 0.3 is 0 Å². The number of hydrogen-bond donors (Lipinski definition) is 3. The number of sulfonamides is 1. The third-order valence-corrected chi connectivity index (χ3v) is 7.08. The number of sulfone groups is 1. The van der Waals surface area contributed by atoms with Gasteiger partial charge in [-0.15, -0.1) is 0 Å². The van der Waals surface area contributed by atoms with E-state index in [1.54, 1.807) is 6.07 Å². The maximum atomic E-state index is 12.4. The molecule has 0 aliphatic rings. The lowest BCUT2D eigenvalue weighted by Gasteiger charge is -2.17. The Kier molecular flexibility index (Phi) is 7.45. The van der Waals surface area contributed by atoms with Gasteiger partial charge in [-0.2, -0.15) is 0 Å². The van der Waals surface area contributed by atoms with Gasteiger partial charge < -0.3 is 16.0 Å². The Bertz CT molecular complexity index is 1110. The number of carbonyl (C=O) groups excluding carboxylic acids is 1. The first-order chi connectivity index (χ1) is 13.9. The Hall–Kier alpha value is -2.63. The van der Waals surface area contributed by atoms with E-state index in [-0.39, 0.29) is 22.2 Å². The summed E-state index contributed by atoms with van der Waals surface area (Å²) in [5.74, 6) is -0.370. The monoisotopic (exact) mass is 454 g/mol. The minimum atomic E-state index is -3.62. The van der Waals surface area contributed by atoms with Crippen LogP contribution in [0.5, 0.6) is 0 Å². The van der Waals surface area contributed by atoms with Gasteiger partial charge in [-0.05, 0) is 49.4 Å². The number of nitrogens with zero attached hydrogens (tertiary/aromatic N) is 1. The largest absolute Gasteiger partial charge is 0.384 e. The zero-order valence-electron chi connectivity index (χ0n) is 17.3. The van der Waals surface area contributed by atoms with Crippen LogP contribution in [0.3, 0.4) is 0 Å². The first-order valence-electron chi connectivity index (χ1n) is 9.09. The van der Waals surface area contributed by atoms with Crippen molar-refractivity contribution in [3.05, 3.63) is 42.5 Å². The molecule has 9 nitrogen and oxygen atoms in total. The molecule has 30 heavy (non-hydrogen) atoms. The third-order valence-electron chi connectivity index (χ3n) is 4.14. The molecule has 11 heteroatoms. The second-order valence-electron chi connectivity index (χ2n) is 6.72. The van der Waals surface area contributed by atoms with Crippen molar-refractivity contribution in [2.45, 2.75) is 16.7 Å². The van der Waals surface area contributed by atoms with Crippen molar-refractivity contribution in [2.24, 2.45) is 0 Å². The molecule has 0 aromatic heterocycles. The lowest BCUT2D eigenvalue weighted by molar-refractivity contribution is -0.114. The maximum absolute atomic E-state index is 12.4. The number of hydrogen-bond acceptors (Lipinski definition) is 7. The summed E-state index contributed by atoms with van der Waals surface area (Å²) in [5, 5.41) is 8.73. The molecule has 2 rings (SSSR count).